The number of methoxy groups -OCH3 is 2. The number of hydrogen-bond acceptors (Lipinski definition) is 7. The summed E-state index contributed by atoms with van der Waals surface area (Å²) in [6.07, 6.45) is 1.14. The molecule has 0 amide bonds. The summed E-state index contributed by atoms with van der Waals surface area (Å²) >= 11 is 0. The first-order valence-electron chi connectivity index (χ1n) is 12.0. The molecule has 0 heterocycles. The van der Waals surface area contributed by atoms with Gasteiger partial charge in [0, 0.05) is 0 Å². The highest BCUT2D eigenvalue weighted by Crippen LogP contribution is 2.54. The maximum absolute atomic E-state index is 11.3. The lowest BCUT2D eigenvalue weighted by Crippen LogP contribution is -2.32. The molecule has 0 aromatic heterocycles. The minimum Gasteiger partial charge on any atom is -0.744 e. The van der Waals surface area contributed by atoms with Gasteiger partial charge in [0.15, 0.2) is 0 Å². The molecule has 0 N–H and O–H groups in total. The zero-order chi connectivity index (χ0) is 28.5. The Bertz CT molecular complexity index is 1380. The topological polar surface area (TPSA) is 110 Å². The highest BCUT2D eigenvalue weighted by Gasteiger charge is 2.43. The normalized spacial score (nSPS) is 11.1. The summed E-state index contributed by atoms with van der Waals surface area (Å²) in [5.41, 5.74) is -0.454. The third kappa shape index (κ3) is 6.98. The average Bonchev–Trinajstić information content (AvgIpc) is 2.98. The molecular formula is C30H29O7PS. The van der Waals surface area contributed by atoms with Crippen molar-refractivity contribution in [3.63, 3.8) is 0 Å². The summed E-state index contributed by atoms with van der Waals surface area (Å²) in [5.74, 6) is -1.74. The second kappa shape index (κ2) is 13.3. The fourth-order valence-electron chi connectivity index (χ4n) is 4.26. The number of rotatable bonds is 7. The Balaban J connectivity index is 0.000000219. The molecule has 0 spiro atoms. The molecule has 0 aliphatic heterocycles. The number of benzene rings is 4. The van der Waals surface area contributed by atoms with Gasteiger partial charge < -0.3 is 14.0 Å². The molecule has 0 atom stereocenters. The van der Waals surface area contributed by atoms with Gasteiger partial charge in [-0.25, -0.2) is 18.0 Å². The molecular weight excluding hydrogens is 535 g/mol. The van der Waals surface area contributed by atoms with E-state index in [0.717, 1.165) is 38.6 Å². The maximum atomic E-state index is 11.3. The van der Waals surface area contributed by atoms with Crippen molar-refractivity contribution in [1.29, 1.82) is 0 Å². The van der Waals surface area contributed by atoms with Crippen LogP contribution >= 0.6 is 7.26 Å². The Morgan fingerprint density at radius 2 is 1.00 bits per heavy atom. The summed E-state index contributed by atoms with van der Waals surface area (Å²) in [6, 6.07) is 35.7. The highest BCUT2D eigenvalue weighted by atomic mass is 32.2. The first kappa shape index (κ1) is 29.7. The summed E-state index contributed by atoms with van der Waals surface area (Å²) in [4.78, 5) is 21.9. The van der Waals surface area contributed by atoms with Crippen LogP contribution in [0.2, 0.25) is 0 Å². The fraction of sp³-hybridized carbons (Fsp3) is 0.133. The molecule has 4 aromatic rings. The Morgan fingerprint density at radius 1 is 0.667 bits per heavy atom. The zero-order valence-corrected chi connectivity index (χ0v) is 23.5. The van der Waals surface area contributed by atoms with Crippen LogP contribution in [0, 0.1) is 0 Å². The molecule has 4 aromatic carbocycles. The van der Waals surface area contributed by atoms with Crippen molar-refractivity contribution >= 4 is 45.2 Å². The van der Waals surface area contributed by atoms with Gasteiger partial charge in [0.2, 0.25) is 0 Å². The van der Waals surface area contributed by atoms with Crippen molar-refractivity contribution in [2.45, 2.75) is 11.8 Å². The van der Waals surface area contributed by atoms with Crippen LogP contribution in [0.15, 0.2) is 114 Å². The first-order valence-corrected chi connectivity index (χ1v) is 15.4. The number of ether oxygens (including phenoxy) is 2. The smallest absolute Gasteiger partial charge is 0.337 e. The standard InChI is InChI=1S/C20H20P.C10H10O7S/c1-2-21(18-12-6-3-7-13-18,19-14-8-4-9-15-19)20-16-10-5-11-17-20;1-16-9(11)6-3-7(10(12)17-2)5-8(4-6)18(13,14)15/h3-17H,2H2,1H3;3-5H,1-2H3,(H,13,14,15)/q+1;/p-1. The van der Waals surface area contributed by atoms with E-state index >= 15 is 0 Å². The van der Waals surface area contributed by atoms with Crippen LogP contribution in [0.25, 0.3) is 0 Å². The molecule has 202 valence electrons. The van der Waals surface area contributed by atoms with E-state index in [0.29, 0.717) is 0 Å². The summed E-state index contributed by atoms with van der Waals surface area (Å²) in [5, 5.41) is 4.39. The van der Waals surface area contributed by atoms with E-state index in [4.69, 9.17) is 0 Å². The SMILES string of the molecule is CC[P+](c1ccccc1)(c1ccccc1)c1ccccc1.COC(=O)c1cc(C(=O)OC)cc(S(=O)(=O)[O-])c1. The van der Waals surface area contributed by atoms with Gasteiger partial charge in [-0.1, -0.05) is 54.6 Å². The van der Waals surface area contributed by atoms with Gasteiger partial charge in [0.25, 0.3) is 0 Å². The van der Waals surface area contributed by atoms with E-state index in [-0.39, 0.29) is 11.1 Å². The summed E-state index contributed by atoms with van der Waals surface area (Å²) in [6.45, 7) is 2.32. The molecule has 4 rings (SSSR count). The van der Waals surface area contributed by atoms with Gasteiger partial charge in [-0.2, -0.15) is 0 Å². The largest absolute Gasteiger partial charge is 0.744 e. The Hall–Kier alpha value is -3.84. The van der Waals surface area contributed by atoms with Crippen LogP contribution in [-0.2, 0) is 19.6 Å². The molecule has 0 unspecified atom stereocenters. The van der Waals surface area contributed by atoms with E-state index in [9.17, 15) is 22.6 Å². The third-order valence-electron chi connectivity index (χ3n) is 6.10. The fourth-order valence-corrected chi connectivity index (χ4v) is 8.83. The monoisotopic (exact) mass is 564 g/mol. The second-order valence-electron chi connectivity index (χ2n) is 8.32. The lowest BCUT2D eigenvalue weighted by molar-refractivity contribution is 0.0598. The molecule has 0 aliphatic carbocycles. The van der Waals surface area contributed by atoms with Crippen molar-refractivity contribution in [3.8, 4) is 0 Å². The minimum atomic E-state index is -4.80. The molecule has 0 aliphatic rings. The zero-order valence-electron chi connectivity index (χ0n) is 21.8. The molecule has 0 radical (unpaired) electrons. The molecule has 0 bridgehead atoms. The van der Waals surface area contributed by atoms with Crippen LogP contribution in [0.1, 0.15) is 27.6 Å². The highest BCUT2D eigenvalue weighted by molar-refractivity contribution is 7.95. The van der Waals surface area contributed by atoms with Crippen LogP contribution in [0.4, 0.5) is 0 Å². The average molecular weight is 565 g/mol. The minimum absolute atomic E-state index is 0.227. The summed E-state index contributed by atoms with van der Waals surface area (Å²) < 4.78 is 41.5. The molecule has 0 fully saturated rings. The summed E-state index contributed by atoms with van der Waals surface area (Å²) in [7, 11) is -4.17. The van der Waals surface area contributed by atoms with Crippen molar-refractivity contribution in [2.24, 2.45) is 0 Å². The predicted octanol–water partition coefficient (Wildman–Crippen LogP) is 4.16. The van der Waals surface area contributed by atoms with E-state index in [1.165, 1.54) is 15.9 Å². The molecule has 9 heteroatoms. The van der Waals surface area contributed by atoms with Gasteiger partial charge in [-0.15, -0.1) is 0 Å². The van der Waals surface area contributed by atoms with Gasteiger partial charge in [0.05, 0.1) is 36.4 Å². The Labute approximate surface area is 229 Å². The van der Waals surface area contributed by atoms with Crippen LogP contribution in [0.3, 0.4) is 0 Å². The molecule has 7 nitrogen and oxygen atoms in total. The number of carbonyl (C=O) groups excluding carboxylic acids is 2. The number of esters is 2. The van der Waals surface area contributed by atoms with Crippen molar-refractivity contribution in [2.75, 3.05) is 20.4 Å². The van der Waals surface area contributed by atoms with Gasteiger partial charge in [-0.05, 0) is 61.5 Å². The lowest BCUT2D eigenvalue weighted by Gasteiger charge is -2.26. The van der Waals surface area contributed by atoms with Crippen molar-refractivity contribution in [1.82, 2.24) is 0 Å². The van der Waals surface area contributed by atoms with Crippen molar-refractivity contribution < 1.29 is 32.0 Å². The Kier molecular flexibility index (Phi) is 10.1. The Morgan fingerprint density at radius 3 is 1.26 bits per heavy atom. The molecule has 0 saturated heterocycles. The first-order chi connectivity index (χ1) is 18.7. The van der Waals surface area contributed by atoms with E-state index in [1.54, 1.807) is 0 Å². The maximum Gasteiger partial charge on any atom is 0.337 e. The third-order valence-corrected chi connectivity index (χ3v) is 11.4. The van der Waals surface area contributed by atoms with Crippen molar-refractivity contribution in [3.05, 3.63) is 120 Å². The number of hydrogen-bond donors (Lipinski definition) is 0. The second-order valence-corrected chi connectivity index (χ2v) is 13.5. The van der Waals surface area contributed by atoms with Gasteiger partial charge in [-0.3, -0.25) is 0 Å². The van der Waals surface area contributed by atoms with Gasteiger partial charge >= 0.3 is 11.9 Å². The quantitative estimate of drug-likeness (QED) is 0.188. The lowest BCUT2D eigenvalue weighted by atomic mass is 10.1. The van der Waals surface area contributed by atoms with Crippen LogP contribution in [0.5, 0.6) is 0 Å². The van der Waals surface area contributed by atoms with Crippen LogP contribution < -0.4 is 15.9 Å². The molecule has 39 heavy (non-hydrogen) atoms. The van der Waals surface area contributed by atoms with Crippen LogP contribution in [-0.4, -0.2) is 45.3 Å². The molecule has 0 saturated carbocycles. The number of carbonyl (C=O) groups is 2. The van der Waals surface area contributed by atoms with Gasteiger partial charge in [0.1, 0.15) is 33.3 Å². The van der Waals surface area contributed by atoms with E-state index in [2.05, 4.69) is 107 Å². The van der Waals surface area contributed by atoms with E-state index in [1.807, 2.05) is 0 Å². The predicted molar refractivity (Wildman–Crippen MR) is 153 cm³/mol. The van der Waals surface area contributed by atoms with E-state index < -0.39 is 34.2 Å².